The SMILES string of the molecule is CCCC1(C(=O)O)CCCN1C(=O)N(C)CCOC. The maximum atomic E-state index is 12.4. The minimum Gasteiger partial charge on any atom is -0.479 e. The largest absolute Gasteiger partial charge is 0.479 e. The van der Waals surface area contributed by atoms with Crippen molar-refractivity contribution in [1.82, 2.24) is 9.80 Å². The van der Waals surface area contributed by atoms with E-state index >= 15 is 0 Å². The van der Waals surface area contributed by atoms with E-state index in [1.54, 1.807) is 14.2 Å². The summed E-state index contributed by atoms with van der Waals surface area (Å²) in [6.07, 6.45) is 2.54. The molecule has 0 aliphatic carbocycles. The van der Waals surface area contributed by atoms with Crippen molar-refractivity contribution in [3.05, 3.63) is 0 Å². The highest BCUT2D eigenvalue weighted by Crippen LogP contribution is 2.34. The van der Waals surface area contributed by atoms with Gasteiger partial charge >= 0.3 is 12.0 Å². The highest BCUT2D eigenvalue weighted by Gasteiger charge is 2.49. The summed E-state index contributed by atoms with van der Waals surface area (Å²) in [4.78, 5) is 27.1. The van der Waals surface area contributed by atoms with Crippen LogP contribution in [0.25, 0.3) is 0 Å². The second-order valence-corrected chi connectivity index (χ2v) is 5.04. The van der Waals surface area contributed by atoms with Gasteiger partial charge < -0.3 is 19.6 Å². The van der Waals surface area contributed by atoms with Gasteiger partial charge in [-0.1, -0.05) is 13.3 Å². The summed E-state index contributed by atoms with van der Waals surface area (Å²) < 4.78 is 4.94. The Morgan fingerprint density at radius 2 is 2.16 bits per heavy atom. The molecule has 1 atom stereocenters. The smallest absolute Gasteiger partial charge is 0.329 e. The summed E-state index contributed by atoms with van der Waals surface area (Å²) in [6, 6.07) is -0.217. The van der Waals surface area contributed by atoms with Gasteiger partial charge in [0.1, 0.15) is 5.54 Å². The van der Waals surface area contributed by atoms with Crippen LogP contribution in [-0.2, 0) is 9.53 Å². The van der Waals surface area contributed by atoms with Crippen molar-refractivity contribution in [2.24, 2.45) is 0 Å². The summed E-state index contributed by atoms with van der Waals surface area (Å²) in [5.41, 5.74) is -1.02. The number of aliphatic carboxylic acids is 1. The first-order valence-electron chi connectivity index (χ1n) is 6.74. The van der Waals surface area contributed by atoms with E-state index in [9.17, 15) is 14.7 Å². The van der Waals surface area contributed by atoms with E-state index in [1.165, 1.54) is 9.80 Å². The molecule has 1 saturated heterocycles. The number of carboxylic acid groups (broad SMARTS) is 1. The molecule has 0 aromatic carbocycles. The van der Waals surface area contributed by atoms with Crippen molar-refractivity contribution in [3.63, 3.8) is 0 Å². The van der Waals surface area contributed by atoms with Gasteiger partial charge in [-0.05, 0) is 19.3 Å². The minimum absolute atomic E-state index is 0.217. The summed E-state index contributed by atoms with van der Waals surface area (Å²) in [5.74, 6) is -0.889. The zero-order valence-corrected chi connectivity index (χ0v) is 12.0. The van der Waals surface area contributed by atoms with E-state index in [1.807, 2.05) is 6.92 Å². The van der Waals surface area contributed by atoms with E-state index in [4.69, 9.17) is 4.74 Å². The van der Waals surface area contributed by atoms with Crippen LogP contribution in [0.15, 0.2) is 0 Å². The van der Waals surface area contributed by atoms with Crippen molar-refractivity contribution in [2.45, 2.75) is 38.1 Å². The number of carboxylic acids is 1. The molecule has 1 unspecified atom stereocenters. The van der Waals surface area contributed by atoms with Crippen LogP contribution in [0.4, 0.5) is 4.79 Å². The van der Waals surface area contributed by atoms with Gasteiger partial charge in [-0.25, -0.2) is 9.59 Å². The number of likely N-dealkylation sites (tertiary alicyclic amines) is 1. The molecule has 0 radical (unpaired) electrons. The van der Waals surface area contributed by atoms with E-state index in [0.717, 1.165) is 12.8 Å². The van der Waals surface area contributed by atoms with E-state index in [0.29, 0.717) is 32.5 Å². The van der Waals surface area contributed by atoms with Gasteiger partial charge in [-0.3, -0.25) is 0 Å². The van der Waals surface area contributed by atoms with Gasteiger partial charge in [-0.15, -0.1) is 0 Å². The molecule has 0 spiro atoms. The fourth-order valence-corrected chi connectivity index (χ4v) is 2.69. The molecular formula is C13H24N2O4. The van der Waals surface area contributed by atoms with Crippen molar-refractivity contribution in [3.8, 4) is 0 Å². The predicted octanol–water partition coefficient (Wildman–Crippen LogP) is 1.40. The Kier molecular flexibility index (Phi) is 5.60. The number of amides is 2. The van der Waals surface area contributed by atoms with Crippen molar-refractivity contribution in [2.75, 3.05) is 33.9 Å². The van der Waals surface area contributed by atoms with Crippen LogP contribution in [0, 0.1) is 0 Å². The Morgan fingerprint density at radius 3 is 2.68 bits per heavy atom. The topological polar surface area (TPSA) is 70.1 Å². The number of carbonyl (C=O) groups excluding carboxylic acids is 1. The lowest BCUT2D eigenvalue weighted by Gasteiger charge is -2.37. The van der Waals surface area contributed by atoms with Crippen molar-refractivity contribution < 1.29 is 19.4 Å². The average molecular weight is 272 g/mol. The zero-order valence-electron chi connectivity index (χ0n) is 12.0. The van der Waals surface area contributed by atoms with Crippen LogP contribution in [-0.4, -0.2) is 66.3 Å². The number of rotatable bonds is 6. The molecule has 1 heterocycles. The number of hydrogen-bond donors (Lipinski definition) is 1. The standard InChI is InChI=1S/C13H24N2O4/c1-4-6-13(11(16)17)7-5-8-15(13)12(18)14(2)9-10-19-3/h4-10H2,1-3H3,(H,16,17). The molecule has 1 aliphatic heterocycles. The molecule has 6 nitrogen and oxygen atoms in total. The first-order valence-corrected chi connectivity index (χ1v) is 6.74. The van der Waals surface area contributed by atoms with Gasteiger partial charge in [0.25, 0.3) is 0 Å². The number of methoxy groups -OCH3 is 1. The second kappa shape index (κ2) is 6.75. The number of likely N-dealkylation sites (N-methyl/N-ethyl adjacent to an activating group) is 1. The van der Waals surface area contributed by atoms with E-state index in [-0.39, 0.29) is 6.03 Å². The van der Waals surface area contributed by atoms with Crippen LogP contribution < -0.4 is 0 Å². The molecule has 1 fully saturated rings. The van der Waals surface area contributed by atoms with E-state index in [2.05, 4.69) is 0 Å². The Labute approximate surface area is 114 Å². The molecule has 0 aromatic heterocycles. The van der Waals surface area contributed by atoms with Crippen molar-refractivity contribution in [1.29, 1.82) is 0 Å². The summed E-state index contributed by atoms with van der Waals surface area (Å²) in [5, 5.41) is 9.53. The molecule has 1 rings (SSSR count). The Hall–Kier alpha value is -1.30. The number of nitrogens with zero attached hydrogens (tertiary/aromatic N) is 2. The molecule has 1 aliphatic rings. The Balaban J connectivity index is 2.84. The van der Waals surface area contributed by atoms with Gasteiger partial charge in [0.05, 0.1) is 6.61 Å². The third-order valence-corrected chi connectivity index (χ3v) is 3.74. The number of carbonyl (C=O) groups is 2. The molecular weight excluding hydrogens is 248 g/mol. The number of hydrogen-bond acceptors (Lipinski definition) is 3. The Bertz CT molecular complexity index is 335. The van der Waals surface area contributed by atoms with Gasteiger partial charge in [0.2, 0.25) is 0 Å². The first kappa shape index (κ1) is 15.8. The lowest BCUT2D eigenvalue weighted by atomic mass is 9.91. The molecule has 2 amide bonds. The van der Waals surface area contributed by atoms with Crippen LogP contribution in [0.5, 0.6) is 0 Å². The van der Waals surface area contributed by atoms with Gasteiger partial charge in [0.15, 0.2) is 0 Å². The fourth-order valence-electron chi connectivity index (χ4n) is 2.69. The lowest BCUT2D eigenvalue weighted by Crippen LogP contribution is -2.56. The number of urea groups is 1. The van der Waals surface area contributed by atoms with E-state index < -0.39 is 11.5 Å². The third kappa shape index (κ3) is 3.18. The predicted molar refractivity (Wildman–Crippen MR) is 71.1 cm³/mol. The molecule has 0 aromatic rings. The summed E-state index contributed by atoms with van der Waals surface area (Å²) >= 11 is 0. The zero-order chi connectivity index (χ0) is 14.5. The van der Waals surface area contributed by atoms with Crippen LogP contribution >= 0.6 is 0 Å². The minimum atomic E-state index is -1.02. The Morgan fingerprint density at radius 1 is 1.47 bits per heavy atom. The molecule has 0 bridgehead atoms. The molecule has 0 saturated carbocycles. The van der Waals surface area contributed by atoms with Crippen LogP contribution in [0.3, 0.4) is 0 Å². The highest BCUT2D eigenvalue weighted by molar-refractivity contribution is 5.87. The second-order valence-electron chi connectivity index (χ2n) is 5.04. The first-order chi connectivity index (χ1) is 8.99. The normalized spacial score (nSPS) is 22.6. The monoisotopic (exact) mass is 272 g/mol. The lowest BCUT2D eigenvalue weighted by molar-refractivity contribution is -0.148. The van der Waals surface area contributed by atoms with Gasteiger partial charge in [0, 0.05) is 27.2 Å². The summed E-state index contributed by atoms with van der Waals surface area (Å²) in [6.45, 7) is 3.38. The third-order valence-electron chi connectivity index (χ3n) is 3.74. The summed E-state index contributed by atoms with van der Waals surface area (Å²) in [7, 11) is 3.25. The molecule has 6 heteroatoms. The maximum absolute atomic E-state index is 12.4. The highest BCUT2D eigenvalue weighted by atomic mass is 16.5. The van der Waals surface area contributed by atoms with Crippen LogP contribution in [0.2, 0.25) is 0 Å². The van der Waals surface area contributed by atoms with Gasteiger partial charge in [-0.2, -0.15) is 0 Å². The molecule has 110 valence electrons. The number of ether oxygens (including phenoxy) is 1. The van der Waals surface area contributed by atoms with Crippen LogP contribution in [0.1, 0.15) is 32.6 Å². The average Bonchev–Trinajstić information content (AvgIpc) is 2.80. The quantitative estimate of drug-likeness (QED) is 0.793. The maximum Gasteiger partial charge on any atom is 0.329 e. The molecule has 1 N–H and O–H groups in total. The molecule has 19 heavy (non-hydrogen) atoms. The van der Waals surface area contributed by atoms with Crippen molar-refractivity contribution >= 4 is 12.0 Å². The fraction of sp³-hybridized carbons (Fsp3) is 0.846.